The minimum atomic E-state index is -1.46. The Morgan fingerprint density at radius 1 is 1.12 bits per heavy atom. The molecule has 1 heterocycles. The molecule has 6 heteroatoms. The Morgan fingerprint density at radius 3 is 2.29 bits per heavy atom. The van der Waals surface area contributed by atoms with E-state index in [-0.39, 0.29) is 5.69 Å². The lowest BCUT2D eigenvalue weighted by molar-refractivity contribution is 0.447. The van der Waals surface area contributed by atoms with Gasteiger partial charge in [-0.1, -0.05) is 11.6 Å². The standard InChI is InChI=1S/C11H7ClF3NS/c12-6-1-8(17-5-6)4-16-7-2-9(13)11(15)10(14)3-7/h1-3,5,16H,4H2. The molecule has 0 unspecified atom stereocenters. The topological polar surface area (TPSA) is 12.0 Å². The van der Waals surface area contributed by atoms with E-state index in [1.54, 1.807) is 11.4 Å². The molecule has 2 aromatic rings. The first-order valence-electron chi connectivity index (χ1n) is 4.67. The van der Waals surface area contributed by atoms with Crippen LogP contribution in [0.4, 0.5) is 18.9 Å². The van der Waals surface area contributed by atoms with Gasteiger partial charge in [0.1, 0.15) is 0 Å². The van der Waals surface area contributed by atoms with Gasteiger partial charge in [0, 0.05) is 34.6 Å². The third kappa shape index (κ3) is 2.92. The van der Waals surface area contributed by atoms with Crippen molar-refractivity contribution in [2.24, 2.45) is 0 Å². The summed E-state index contributed by atoms with van der Waals surface area (Å²) in [6.45, 7) is 0.377. The number of thiophene rings is 1. The fourth-order valence-electron chi connectivity index (χ4n) is 1.29. The first-order chi connectivity index (χ1) is 8.06. The molecule has 1 aromatic carbocycles. The maximum absolute atomic E-state index is 12.9. The number of hydrogen-bond donors (Lipinski definition) is 1. The zero-order chi connectivity index (χ0) is 12.4. The molecule has 0 aliphatic carbocycles. The summed E-state index contributed by atoms with van der Waals surface area (Å²) in [4.78, 5) is 0.917. The number of nitrogens with one attached hydrogen (secondary N) is 1. The van der Waals surface area contributed by atoms with Crippen LogP contribution in [0.15, 0.2) is 23.6 Å². The van der Waals surface area contributed by atoms with E-state index in [0.29, 0.717) is 11.6 Å². The number of rotatable bonds is 3. The summed E-state index contributed by atoms with van der Waals surface area (Å²) < 4.78 is 38.5. The van der Waals surface area contributed by atoms with Crippen LogP contribution in [0, 0.1) is 17.5 Å². The van der Waals surface area contributed by atoms with Crippen LogP contribution in [0.1, 0.15) is 4.88 Å². The van der Waals surface area contributed by atoms with Gasteiger partial charge in [-0.25, -0.2) is 13.2 Å². The Balaban J connectivity index is 2.09. The van der Waals surface area contributed by atoms with Crippen molar-refractivity contribution in [1.82, 2.24) is 0 Å². The summed E-state index contributed by atoms with van der Waals surface area (Å²) in [5.41, 5.74) is 0.186. The molecule has 0 saturated carbocycles. The average Bonchev–Trinajstić information content (AvgIpc) is 2.69. The van der Waals surface area contributed by atoms with Crippen molar-refractivity contribution in [2.45, 2.75) is 6.54 Å². The molecule has 0 saturated heterocycles. The molecule has 0 amide bonds. The maximum Gasteiger partial charge on any atom is 0.194 e. The zero-order valence-electron chi connectivity index (χ0n) is 8.44. The molecule has 0 fully saturated rings. The number of benzene rings is 1. The summed E-state index contributed by atoms with van der Waals surface area (Å²) in [5, 5.41) is 5.16. The second kappa shape index (κ2) is 4.98. The van der Waals surface area contributed by atoms with Gasteiger partial charge in [0.05, 0.1) is 5.02 Å². The van der Waals surface area contributed by atoms with Crippen LogP contribution in [0.25, 0.3) is 0 Å². The van der Waals surface area contributed by atoms with Gasteiger partial charge in [-0.05, 0) is 6.07 Å². The Bertz CT molecular complexity index is 518. The largest absolute Gasteiger partial charge is 0.380 e. The van der Waals surface area contributed by atoms with Gasteiger partial charge in [-0.15, -0.1) is 11.3 Å². The van der Waals surface area contributed by atoms with Gasteiger partial charge in [0.2, 0.25) is 0 Å². The Morgan fingerprint density at radius 2 is 1.76 bits per heavy atom. The van der Waals surface area contributed by atoms with E-state index in [4.69, 9.17) is 11.6 Å². The lowest BCUT2D eigenvalue weighted by Gasteiger charge is -2.05. The molecule has 0 bridgehead atoms. The number of halogens is 4. The fourth-order valence-corrected chi connectivity index (χ4v) is 2.31. The molecule has 2 rings (SSSR count). The molecule has 1 nitrogen and oxygen atoms in total. The van der Waals surface area contributed by atoms with Crippen molar-refractivity contribution in [2.75, 3.05) is 5.32 Å². The molecular weight excluding hydrogens is 271 g/mol. The van der Waals surface area contributed by atoms with E-state index in [1.807, 2.05) is 0 Å². The highest BCUT2D eigenvalue weighted by atomic mass is 35.5. The fraction of sp³-hybridized carbons (Fsp3) is 0.0909. The highest BCUT2D eigenvalue weighted by molar-refractivity contribution is 7.10. The lowest BCUT2D eigenvalue weighted by atomic mass is 10.3. The summed E-state index contributed by atoms with van der Waals surface area (Å²) in [6, 6.07) is 3.57. The van der Waals surface area contributed by atoms with E-state index >= 15 is 0 Å². The third-order valence-electron chi connectivity index (χ3n) is 2.07. The van der Waals surface area contributed by atoms with E-state index in [2.05, 4.69) is 5.32 Å². The molecule has 1 N–H and O–H groups in total. The van der Waals surface area contributed by atoms with Crippen molar-refractivity contribution in [3.8, 4) is 0 Å². The van der Waals surface area contributed by atoms with Gasteiger partial charge in [-0.3, -0.25) is 0 Å². The smallest absolute Gasteiger partial charge is 0.194 e. The normalized spacial score (nSPS) is 10.6. The predicted molar refractivity (Wildman–Crippen MR) is 63.0 cm³/mol. The van der Waals surface area contributed by atoms with Crippen molar-refractivity contribution >= 4 is 28.6 Å². The highest BCUT2D eigenvalue weighted by Crippen LogP contribution is 2.22. The SMILES string of the molecule is Fc1cc(NCc2cc(Cl)cs2)cc(F)c1F. The van der Waals surface area contributed by atoms with Crippen LogP contribution in [-0.2, 0) is 6.54 Å². The molecule has 0 aliphatic heterocycles. The molecule has 0 aliphatic rings. The quantitative estimate of drug-likeness (QED) is 0.819. The van der Waals surface area contributed by atoms with Crippen molar-refractivity contribution in [3.05, 3.63) is 50.9 Å². The molecule has 17 heavy (non-hydrogen) atoms. The molecule has 0 spiro atoms. The van der Waals surface area contributed by atoms with Crippen LogP contribution >= 0.6 is 22.9 Å². The summed E-state index contributed by atoms with van der Waals surface area (Å²) in [5.74, 6) is -3.89. The monoisotopic (exact) mass is 277 g/mol. The van der Waals surface area contributed by atoms with Crippen molar-refractivity contribution in [3.63, 3.8) is 0 Å². The van der Waals surface area contributed by atoms with E-state index in [1.165, 1.54) is 11.3 Å². The molecule has 90 valence electrons. The first kappa shape index (κ1) is 12.3. The van der Waals surface area contributed by atoms with Crippen LogP contribution < -0.4 is 5.32 Å². The van der Waals surface area contributed by atoms with Crippen LogP contribution in [0.3, 0.4) is 0 Å². The van der Waals surface area contributed by atoms with Crippen LogP contribution in [0.5, 0.6) is 0 Å². The van der Waals surface area contributed by atoms with Gasteiger partial charge < -0.3 is 5.32 Å². The number of anilines is 1. The molecule has 0 atom stereocenters. The van der Waals surface area contributed by atoms with Gasteiger partial charge >= 0.3 is 0 Å². The Hall–Kier alpha value is -1.20. The van der Waals surface area contributed by atoms with Crippen molar-refractivity contribution < 1.29 is 13.2 Å². The Labute approximate surface area is 105 Å². The number of hydrogen-bond acceptors (Lipinski definition) is 2. The predicted octanol–water partition coefficient (Wildman–Crippen LogP) is 4.43. The van der Waals surface area contributed by atoms with Crippen molar-refractivity contribution in [1.29, 1.82) is 0 Å². The third-order valence-corrected chi connectivity index (χ3v) is 3.36. The van der Waals surface area contributed by atoms with E-state index in [0.717, 1.165) is 17.0 Å². The van der Waals surface area contributed by atoms with E-state index < -0.39 is 17.5 Å². The summed E-state index contributed by atoms with van der Waals surface area (Å²) in [6.07, 6.45) is 0. The van der Waals surface area contributed by atoms with Gasteiger partial charge in [0.25, 0.3) is 0 Å². The molecule has 0 radical (unpaired) electrons. The van der Waals surface area contributed by atoms with Crippen LogP contribution in [0.2, 0.25) is 5.02 Å². The maximum atomic E-state index is 12.9. The minimum absolute atomic E-state index is 0.186. The molecule has 1 aromatic heterocycles. The van der Waals surface area contributed by atoms with Crippen LogP contribution in [-0.4, -0.2) is 0 Å². The second-order valence-corrected chi connectivity index (χ2v) is 4.77. The first-order valence-corrected chi connectivity index (χ1v) is 5.93. The second-order valence-electron chi connectivity index (χ2n) is 3.34. The van der Waals surface area contributed by atoms with E-state index in [9.17, 15) is 13.2 Å². The van der Waals surface area contributed by atoms with Gasteiger partial charge in [0.15, 0.2) is 17.5 Å². The summed E-state index contributed by atoms with van der Waals surface area (Å²) in [7, 11) is 0. The lowest BCUT2D eigenvalue weighted by Crippen LogP contribution is -2.00. The Kier molecular flexibility index (Phi) is 3.59. The van der Waals surface area contributed by atoms with Gasteiger partial charge in [-0.2, -0.15) is 0 Å². The zero-order valence-corrected chi connectivity index (χ0v) is 10.0. The average molecular weight is 278 g/mol. The molecular formula is C11H7ClF3NS. The highest BCUT2D eigenvalue weighted by Gasteiger charge is 2.10. The summed E-state index contributed by atoms with van der Waals surface area (Å²) >= 11 is 7.15. The minimum Gasteiger partial charge on any atom is -0.380 e.